The summed E-state index contributed by atoms with van der Waals surface area (Å²) in [4.78, 5) is 26.1. The number of carbonyl (C=O) groups is 2. The molecule has 120 valence electrons. The van der Waals surface area contributed by atoms with Crippen LogP contribution in [0.2, 0.25) is 0 Å². The molecule has 2 N–H and O–H groups in total. The Labute approximate surface area is 127 Å². The minimum Gasteiger partial charge on any atom is -0.481 e. The smallest absolute Gasteiger partial charge is 0.307 e. The molecule has 1 aliphatic carbocycles. The Morgan fingerprint density at radius 1 is 1.05 bits per heavy atom. The quantitative estimate of drug-likeness (QED) is 0.831. The zero-order valence-electron chi connectivity index (χ0n) is 13.2. The topological polar surface area (TPSA) is 69.6 Å². The fourth-order valence-electron chi connectivity index (χ4n) is 3.61. The molecule has 21 heavy (non-hydrogen) atoms. The summed E-state index contributed by atoms with van der Waals surface area (Å²) in [5.41, 5.74) is 0. The molecule has 2 aliphatic rings. The normalized spacial score (nSPS) is 28.5. The van der Waals surface area contributed by atoms with Gasteiger partial charge >= 0.3 is 5.97 Å². The number of piperidine rings is 1. The Morgan fingerprint density at radius 3 is 2.14 bits per heavy atom. The number of aliphatic carboxylic acids is 1. The molecule has 1 saturated carbocycles. The summed E-state index contributed by atoms with van der Waals surface area (Å²) in [6, 6.07) is 0.764. The molecule has 1 aliphatic heterocycles. The Bertz CT molecular complexity index is 376. The van der Waals surface area contributed by atoms with Crippen molar-refractivity contribution in [3.05, 3.63) is 0 Å². The molecule has 0 spiro atoms. The summed E-state index contributed by atoms with van der Waals surface area (Å²) in [6.07, 6.45) is 5.18. The van der Waals surface area contributed by atoms with Crippen LogP contribution in [0.3, 0.4) is 0 Å². The SMILES string of the molecule is CC(C)N1CCC(NC(=O)C2CCCCC2C(=O)O)CC1. The standard InChI is InChI=1S/C16H28N2O3/c1-11(2)18-9-7-12(8-10-18)17-15(19)13-5-3-4-6-14(13)16(20)21/h11-14H,3-10H2,1-2H3,(H,17,19)(H,20,21). The lowest BCUT2D eigenvalue weighted by atomic mass is 9.78. The number of carboxylic acids is 1. The maximum absolute atomic E-state index is 12.4. The molecule has 0 aromatic carbocycles. The Morgan fingerprint density at radius 2 is 1.62 bits per heavy atom. The van der Waals surface area contributed by atoms with Crippen molar-refractivity contribution in [1.82, 2.24) is 10.2 Å². The van der Waals surface area contributed by atoms with Crippen molar-refractivity contribution in [3.8, 4) is 0 Å². The van der Waals surface area contributed by atoms with Crippen LogP contribution in [-0.2, 0) is 9.59 Å². The van der Waals surface area contributed by atoms with E-state index in [-0.39, 0.29) is 17.9 Å². The summed E-state index contributed by atoms with van der Waals surface area (Å²) in [6.45, 7) is 6.40. The second-order valence-electron chi connectivity index (χ2n) is 6.75. The van der Waals surface area contributed by atoms with Gasteiger partial charge in [-0.3, -0.25) is 9.59 Å². The number of nitrogens with zero attached hydrogens (tertiary/aromatic N) is 1. The van der Waals surface area contributed by atoms with Crippen molar-refractivity contribution in [2.75, 3.05) is 13.1 Å². The predicted molar refractivity (Wildman–Crippen MR) is 81.0 cm³/mol. The first-order chi connectivity index (χ1) is 9.99. The number of rotatable bonds is 4. The molecule has 2 fully saturated rings. The van der Waals surface area contributed by atoms with Crippen LogP contribution < -0.4 is 5.32 Å². The van der Waals surface area contributed by atoms with E-state index in [0.29, 0.717) is 18.9 Å². The van der Waals surface area contributed by atoms with Gasteiger partial charge in [-0.15, -0.1) is 0 Å². The lowest BCUT2D eigenvalue weighted by Gasteiger charge is -2.36. The van der Waals surface area contributed by atoms with Crippen LogP contribution in [0.1, 0.15) is 52.4 Å². The second kappa shape index (κ2) is 7.25. The highest BCUT2D eigenvalue weighted by atomic mass is 16.4. The molecule has 0 bridgehead atoms. The van der Waals surface area contributed by atoms with Crippen molar-refractivity contribution in [3.63, 3.8) is 0 Å². The van der Waals surface area contributed by atoms with E-state index in [9.17, 15) is 14.7 Å². The van der Waals surface area contributed by atoms with Crippen LogP contribution >= 0.6 is 0 Å². The van der Waals surface area contributed by atoms with Gasteiger partial charge in [-0.2, -0.15) is 0 Å². The second-order valence-corrected chi connectivity index (χ2v) is 6.75. The number of amides is 1. The van der Waals surface area contributed by atoms with Crippen molar-refractivity contribution in [1.29, 1.82) is 0 Å². The Balaban J connectivity index is 1.85. The predicted octanol–water partition coefficient (Wildman–Crippen LogP) is 1.87. The van der Waals surface area contributed by atoms with E-state index in [4.69, 9.17) is 0 Å². The van der Waals surface area contributed by atoms with Crippen LogP contribution in [0.5, 0.6) is 0 Å². The number of hydrogen-bond acceptors (Lipinski definition) is 3. The molecule has 2 atom stereocenters. The van der Waals surface area contributed by atoms with Gasteiger partial charge in [0.05, 0.1) is 11.8 Å². The maximum Gasteiger partial charge on any atom is 0.307 e. The highest BCUT2D eigenvalue weighted by Crippen LogP contribution is 2.30. The van der Waals surface area contributed by atoms with Gasteiger partial charge in [-0.05, 0) is 39.5 Å². The van der Waals surface area contributed by atoms with E-state index < -0.39 is 11.9 Å². The number of carbonyl (C=O) groups excluding carboxylic acids is 1. The van der Waals surface area contributed by atoms with E-state index >= 15 is 0 Å². The average molecular weight is 296 g/mol. The Kier molecular flexibility index (Phi) is 5.62. The molecule has 1 heterocycles. The van der Waals surface area contributed by atoms with Gasteiger partial charge in [0, 0.05) is 25.2 Å². The van der Waals surface area contributed by atoms with Gasteiger partial charge in [0.2, 0.25) is 5.91 Å². The largest absolute Gasteiger partial charge is 0.481 e. The highest BCUT2D eigenvalue weighted by molar-refractivity contribution is 5.85. The fourth-order valence-corrected chi connectivity index (χ4v) is 3.61. The monoisotopic (exact) mass is 296 g/mol. The summed E-state index contributed by atoms with van der Waals surface area (Å²) in [5.74, 6) is -1.68. The van der Waals surface area contributed by atoms with Crippen LogP contribution in [0.25, 0.3) is 0 Å². The first kappa shape index (κ1) is 16.3. The minimum absolute atomic E-state index is 0.0369. The molecule has 1 saturated heterocycles. The molecule has 0 aromatic heterocycles. The first-order valence-electron chi connectivity index (χ1n) is 8.26. The zero-order chi connectivity index (χ0) is 15.4. The number of nitrogens with one attached hydrogen (secondary N) is 1. The molecule has 0 aromatic rings. The molecule has 5 nitrogen and oxygen atoms in total. The fraction of sp³-hybridized carbons (Fsp3) is 0.875. The van der Waals surface area contributed by atoms with E-state index in [0.717, 1.165) is 38.8 Å². The van der Waals surface area contributed by atoms with Gasteiger partial charge < -0.3 is 15.3 Å². The summed E-state index contributed by atoms with van der Waals surface area (Å²) in [5, 5.41) is 12.4. The van der Waals surface area contributed by atoms with Crippen molar-refractivity contribution in [2.24, 2.45) is 11.8 Å². The van der Waals surface area contributed by atoms with E-state index in [1.54, 1.807) is 0 Å². The lowest BCUT2D eigenvalue weighted by Crippen LogP contribution is -2.49. The minimum atomic E-state index is -0.815. The third-order valence-electron chi connectivity index (χ3n) is 5.03. The van der Waals surface area contributed by atoms with Crippen LogP contribution in [0.4, 0.5) is 0 Å². The van der Waals surface area contributed by atoms with Gasteiger partial charge in [0.15, 0.2) is 0 Å². The molecular weight excluding hydrogens is 268 g/mol. The molecule has 0 radical (unpaired) electrons. The lowest BCUT2D eigenvalue weighted by molar-refractivity contribution is -0.149. The first-order valence-corrected chi connectivity index (χ1v) is 8.26. The van der Waals surface area contributed by atoms with Crippen LogP contribution in [0, 0.1) is 11.8 Å². The number of likely N-dealkylation sites (tertiary alicyclic amines) is 1. The molecular formula is C16H28N2O3. The van der Waals surface area contributed by atoms with Crippen molar-refractivity contribution < 1.29 is 14.7 Å². The van der Waals surface area contributed by atoms with Gasteiger partial charge in [0.1, 0.15) is 0 Å². The van der Waals surface area contributed by atoms with Gasteiger partial charge in [-0.1, -0.05) is 12.8 Å². The number of carboxylic acid groups (broad SMARTS) is 1. The molecule has 2 unspecified atom stereocenters. The summed E-state index contributed by atoms with van der Waals surface area (Å²) in [7, 11) is 0. The van der Waals surface area contributed by atoms with E-state index in [1.807, 2.05) is 0 Å². The number of hydrogen-bond donors (Lipinski definition) is 2. The maximum atomic E-state index is 12.4. The molecule has 1 amide bonds. The Hall–Kier alpha value is -1.10. The van der Waals surface area contributed by atoms with Crippen LogP contribution in [-0.4, -0.2) is 47.1 Å². The summed E-state index contributed by atoms with van der Waals surface area (Å²) >= 11 is 0. The molecule has 5 heteroatoms. The van der Waals surface area contributed by atoms with E-state index in [1.165, 1.54) is 0 Å². The van der Waals surface area contributed by atoms with Crippen molar-refractivity contribution in [2.45, 2.75) is 64.5 Å². The van der Waals surface area contributed by atoms with Crippen molar-refractivity contribution >= 4 is 11.9 Å². The summed E-state index contributed by atoms with van der Waals surface area (Å²) < 4.78 is 0. The van der Waals surface area contributed by atoms with Gasteiger partial charge in [0.25, 0.3) is 0 Å². The highest BCUT2D eigenvalue weighted by Gasteiger charge is 2.36. The third kappa shape index (κ3) is 4.19. The zero-order valence-corrected chi connectivity index (χ0v) is 13.2. The van der Waals surface area contributed by atoms with E-state index in [2.05, 4.69) is 24.1 Å². The molecule has 2 rings (SSSR count). The van der Waals surface area contributed by atoms with Gasteiger partial charge in [-0.25, -0.2) is 0 Å². The van der Waals surface area contributed by atoms with Crippen LogP contribution in [0.15, 0.2) is 0 Å². The third-order valence-corrected chi connectivity index (χ3v) is 5.03. The average Bonchev–Trinajstić information content (AvgIpc) is 2.47.